The fraction of sp³-hybridized carbons (Fsp3) is 0.800. The fourth-order valence-electron chi connectivity index (χ4n) is 3.79. The molecule has 164 valence electrons. The van der Waals surface area contributed by atoms with Gasteiger partial charge in [0.1, 0.15) is 6.54 Å². The van der Waals surface area contributed by atoms with Crippen LogP contribution >= 0.6 is 0 Å². The summed E-state index contributed by atoms with van der Waals surface area (Å²) < 4.78 is 2.40. The largest absolute Gasteiger partial charge is 1.00 e. The molecule has 28 heavy (non-hydrogen) atoms. The number of aliphatic hydroxyl groups is 1. The minimum Gasteiger partial charge on any atom is -1.00 e. The van der Waals surface area contributed by atoms with Crippen molar-refractivity contribution in [2.75, 3.05) is 6.61 Å². The highest BCUT2D eigenvalue weighted by molar-refractivity contribution is 5.05. The number of aromatic nitrogens is 1. The van der Waals surface area contributed by atoms with Crippen molar-refractivity contribution in [3.63, 3.8) is 0 Å². The Kier molecular flexibility index (Phi) is 21.0. The average Bonchev–Trinajstić information content (AvgIpc) is 2.69. The molecule has 0 bridgehead atoms. The number of rotatable bonds is 19. The molecule has 0 saturated heterocycles. The lowest BCUT2D eigenvalue weighted by atomic mass is 10.1. The van der Waals surface area contributed by atoms with E-state index in [-0.39, 0.29) is 17.0 Å². The van der Waals surface area contributed by atoms with Crippen molar-refractivity contribution in [2.24, 2.45) is 0 Å². The van der Waals surface area contributed by atoms with Gasteiger partial charge in [0, 0.05) is 24.7 Å². The summed E-state index contributed by atoms with van der Waals surface area (Å²) in [5.74, 6) is 0. The number of aliphatic hydroxyl groups excluding tert-OH is 1. The van der Waals surface area contributed by atoms with Gasteiger partial charge in [-0.2, -0.15) is 0 Å². The average molecular weight is 457 g/mol. The van der Waals surface area contributed by atoms with Gasteiger partial charge < -0.3 is 22.1 Å². The molecule has 0 saturated carbocycles. The van der Waals surface area contributed by atoms with Crippen molar-refractivity contribution in [3.8, 4) is 0 Å². The Morgan fingerprint density at radius 1 is 0.714 bits per heavy atom. The number of unbranched alkanes of at least 4 members (excludes halogenated alkanes) is 14. The summed E-state index contributed by atoms with van der Waals surface area (Å²) in [7, 11) is 0. The lowest BCUT2D eigenvalue weighted by Crippen LogP contribution is -3.00. The van der Waals surface area contributed by atoms with Gasteiger partial charge in [0.15, 0.2) is 12.4 Å². The van der Waals surface area contributed by atoms with E-state index in [1.165, 1.54) is 115 Å². The molecule has 0 fully saturated rings. The molecular formula is C25H46BrNO. The Hall–Kier alpha value is -0.410. The third-order valence-corrected chi connectivity index (χ3v) is 5.56. The molecule has 2 nitrogen and oxygen atoms in total. The Balaban J connectivity index is 0.00000729. The SMILES string of the molecule is CCCCCCCCc1ccc[n+](CCCCCCCCCCCCO)c1.[Br-]. The van der Waals surface area contributed by atoms with E-state index in [4.69, 9.17) is 5.11 Å². The quantitative estimate of drug-likeness (QED) is 0.249. The molecule has 0 amide bonds. The number of halogens is 1. The molecule has 1 heterocycles. The smallest absolute Gasteiger partial charge is 0.171 e. The number of aryl methyl sites for hydroxylation is 2. The van der Waals surface area contributed by atoms with E-state index in [0.29, 0.717) is 6.61 Å². The first-order chi connectivity index (χ1) is 13.4. The molecule has 0 aliphatic carbocycles. The molecule has 0 aliphatic rings. The van der Waals surface area contributed by atoms with Gasteiger partial charge in [0.05, 0.1) is 0 Å². The molecule has 0 spiro atoms. The van der Waals surface area contributed by atoms with E-state index in [1.807, 2.05) is 0 Å². The second-order valence-electron chi connectivity index (χ2n) is 8.23. The van der Waals surface area contributed by atoms with Crippen molar-refractivity contribution in [1.29, 1.82) is 0 Å². The van der Waals surface area contributed by atoms with Crippen LogP contribution in [0.4, 0.5) is 0 Å². The van der Waals surface area contributed by atoms with Crippen LogP contribution in [0.1, 0.15) is 115 Å². The first-order valence-corrected chi connectivity index (χ1v) is 12.0. The highest BCUT2D eigenvalue weighted by Crippen LogP contribution is 2.11. The minimum absolute atomic E-state index is 0. The Morgan fingerprint density at radius 3 is 1.86 bits per heavy atom. The summed E-state index contributed by atoms with van der Waals surface area (Å²) >= 11 is 0. The maximum atomic E-state index is 8.76. The van der Waals surface area contributed by atoms with Gasteiger partial charge in [-0.1, -0.05) is 84.0 Å². The van der Waals surface area contributed by atoms with Crippen LogP contribution in [0, 0.1) is 0 Å². The lowest BCUT2D eigenvalue weighted by Gasteiger charge is -2.03. The molecule has 1 rings (SSSR count). The van der Waals surface area contributed by atoms with E-state index in [9.17, 15) is 0 Å². The molecule has 3 heteroatoms. The molecular weight excluding hydrogens is 410 g/mol. The summed E-state index contributed by atoms with van der Waals surface area (Å²) in [5.41, 5.74) is 1.51. The minimum atomic E-state index is 0. The molecule has 0 aromatic carbocycles. The highest BCUT2D eigenvalue weighted by Gasteiger charge is 2.03. The van der Waals surface area contributed by atoms with Crippen molar-refractivity contribution in [1.82, 2.24) is 0 Å². The van der Waals surface area contributed by atoms with Crippen molar-refractivity contribution < 1.29 is 26.7 Å². The van der Waals surface area contributed by atoms with Gasteiger partial charge in [0.25, 0.3) is 0 Å². The monoisotopic (exact) mass is 455 g/mol. The first-order valence-electron chi connectivity index (χ1n) is 12.0. The first kappa shape index (κ1) is 27.6. The van der Waals surface area contributed by atoms with Crippen LogP contribution < -0.4 is 21.5 Å². The molecule has 0 radical (unpaired) electrons. The topological polar surface area (TPSA) is 24.1 Å². The van der Waals surface area contributed by atoms with Crippen molar-refractivity contribution >= 4 is 0 Å². The summed E-state index contributed by atoms with van der Waals surface area (Å²) in [6.07, 6.45) is 27.2. The predicted molar refractivity (Wildman–Crippen MR) is 117 cm³/mol. The maximum Gasteiger partial charge on any atom is 0.171 e. The highest BCUT2D eigenvalue weighted by atomic mass is 79.9. The zero-order valence-electron chi connectivity index (χ0n) is 18.5. The van der Waals surface area contributed by atoms with Crippen LogP contribution in [0.5, 0.6) is 0 Å². The van der Waals surface area contributed by atoms with Crippen LogP contribution in [-0.2, 0) is 13.0 Å². The van der Waals surface area contributed by atoms with Crippen molar-refractivity contribution in [3.05, 3.63) is 30.1 Å². The number of nitrogens with zero attached hydrogens (tertiary/aromatic N) is 1. The second-order valence-corrected chi connectivity index (χ2v) is 8.23. The molecule has 0 atom stereocenters. The lowest BCUT2D eigenvalue weighted by molar-refractivity contribution is -0.697. The second kappa shape index (κ2) is 21.3. The number of hydrogen-bond acceptors (Lipinski definition) is 1. The van der Waals surface area contributed by atoms with Crippen LogP contribution in [-0.4, -0.2) is 11.7 Å². The normalized spacial score (nSPS) is 10.8. The zero-order chi connectivity index (χ0) is 19.4. The zero-order valence-corrected chi connectivity index (χ0v) is 20.1. The van der Waals surface area contributed by atoms with Crippen LogP contribution in [0.15, 0.2) is 24.5 Å². The number of pyridine rings is 1. The van der Waals surface area contributed by atoms with Crippen molar-refractivity contribution in [2.45, 2.75) is 123 Å². The Bertz CT molecular complexity index is 438. The maximum absolute atomic E-state index is 8.76. The van der Waals surface area contributed by atoms with E-state index in [2.05, 4.69) is 36.0 Å². The molecule has 1 aromatic heterocycles. The third kappa shape index (κ3) is 16.5. The van der Waals surface area contributed by atoms with Gasteiger partial charge in [-0.25, -0.2) is 4.57 Å². The van der Waals surface area contributed by atoms with Gasteiger partial charge >= 0.3 is 0 Å². The van der Waals surface area contributed by atoms with E-state index in [0.717, 1.165) is 6.42 Å². The van der Waals surface area contributed by atoms with Gasteiger partial charge in [-0.05, 0) is 31.7 Å². The third-order valence-electron chi connectivity index (χ3n) is 5.56. The Morgan fingerprint density at radius 2 is 1.25 bits per heavy atom. The fourth-order valence-corrected chi connectivity index (χ4v) is 3.79. The summed E-state index contributed by atoms with van der Waals surface area (Å²) in [5, 5.41) is 8.76. The molecule has 0 aliphatic heterocycles. The predicted octanol–water partition coefficient (Wildman–Crippen LogP) is 3.77. The van der Waals surface area contributed by atoms with E-state index < -0.39 is 0 Å². The number of hydrogen-bond donors (Lipinski definition) is 1. The summed E-state index contributed by atoms with van der Waals surface area (Å²) in [4.78, 5) is 0. The van der Waals surface area contributed by atoms with Crippen LogP contribution in [0.3, 0.4) is 0 Å². The summed E-state index contributed by atoms with van der Waals surface area (Å²) in [6, 6.07) is 4.52. The van der Waals surface area contributed by atoms with E-state index in [1.54, 1.807) is 0 Å². The van der Waals surface area contributed by atoms with E-state index >= 15 is 0 Å². The molecule has 1 aromatic rings. The molecule has 1 N–H and O–H groups in total. The van der Waals surface area contributed by atoms with Gasteiger partial charge in [0.2, 0.25) is 0 Å². The van der Waals surface area contributed by atoms with Gasteiger partial charge in [-0.15, -0.1) is 0 Å². The van der Waals surface area contributed by atoms with Crippen LogP contribution in [0.25, 0.3) is 0 Å². The Labute approximate surface area is 185 Å². The van der Waals surface area contributed by atoms with Crippen LogP contribution in [0.2, 0.25) is 0 Å². The van der Waals surface area contributed by atoms with Gasteiger partial charge in [-0.3, -0.25) is 0 Å². The molecule has 0 unspecified atom stereocenters. The summed E-state index contributed by atoms with van der Waals surface area (Å²) in [6.45, 7) is 3.82. The standard InChI is InChI=1S/C25H46NO.BrH/c1-2-3-4-5-12-15-19-25-20-18-22-26(24-25)21-16-13-10-8-6-7-9-11-14-17-23-27;/h18,20,22,24,27H,2-17,19,21,23H2,1H3;1H/q+1;/p-1.